The van der Waals surface area contributed by atoms with Crippen molar-refractivity contribution >= 4 is 11.6 Å². The van der Waals surface area contributed by atoms with Crippen molar-refractivity contribution in [3.63, 3.8) is 0 Å². The smallest absolute Gasteiger partial charge is 0.250 e. The molecule has 0 aromatic heterocycles. The lowest BCUT2D eigenvalue weighted by molar-refractivity contribution is -0.120. The van der Waals surface area contributed by atoms with E-state index in [0.29, 0.717) is 24.4 Å². The zero-order chi connectivity index (χ0) is 12.0. The predicted octanol–water partition coefficient (Wildman–Crippen LogP) is 1.05. The van der Waals surface area contributed by atoms with E-state index in [1.165, 1.54) is 6.07 Å². The minimum absolute atomic E-state index is 0.0767. The summed E-state index contributed by atoms with van der Waals surface area (Å²) in [7, 11) is 0. The number of nitrogens with one attached hydrogen (secondary N) is 1. The molecule has 1 aromatic carbocycles. The second kappa shape index (κ2) is 6.19. The summed E-state index contributed by atoms with van der Waals surface area (Å²) in [6.45, 7) is 2.28. The summed E-state index contributed by atoms with van der Waals surface area (Å²) in [6, 6.07) is 4.51. The first-order valence-electron chi connectivity index (χ1n) is 4.97. The molecule has 0 aliphatic rings. The van der Waals surface area contributed by atoms with Crippen LogP contribution in [0.3, 0.4) is 0 Å². The highest BCUT2D eigenvalue weighted by Crippen LogP contribution is 2.13. The normalized spacial score (nSPS) is 10.2. The zero-order valence-electron chi connectivity index (χ0n) is 9.13. The van der Waals surface area contributed by atoms with Gasteiger partial charge in [0, 0.05) is 12.2 Å². The van der Waals surface area contributed by atoms with Crippen molar-refractivity contribution in [1.29, 1.82) is 0 Å². The topological polar surface area (TPSA) is 64.3 Å². The standard InChI is InChI=1S/C11H15FN2O2/c1-8-2-3-9(6-10(8)12)14-11(15)7-16-5-4-13/h2-3,6H,4-5,7,13H2,1H3,(H,14,15). The maximum Gasteiger partial charge on any atom is 0.250 e. The number of carbonyl (C=O) groups excluding carboxylic acids is 1. The Kier molecular flexibility index (Phi) is 4.88. The number of benzene rings is 1. The summed E-state index contributed by atoms with van der Waals surface area (Å²) < 4.78 is 18.1. The van der Waals surface area contributed by atoms with E-state index in [9.17, 15) is 9.18 Å². The van der Waals surface area contributed by atoms with Crippen LogP contribution in [0.5, 0.6) is 0 Å². The molecule has 0 radical (unpaired) electrons. The molecule has 0 unspecified atom stereocenters. The molecule has 0 heterocycles. The van der Waals surface area contributed by atoms with E-state index in [1.54, 1.807) is 19.1 Å². The van der Waals surface area contributed by atoms with Crippen LogP contribution < -0.4 is 11.1 Å². The molecule has 4 nitrogen and oxygen atoms in total. The van der Waals surface area contributed by atoms with Crippen molar-refractivity contribution in [3.8, 4) is 0 Å². The minimum Gasteiger partial charge on any atom is -0.370 e. The van der Waals surface area contributed by atoms with Gasteiger partial charge in [-0.1, -0.05) is 6.07 Å². The Balaban J connectivity index is 2.46. The van der Waals surface area contributed by atoms with Crippen LogP contribution >= 0.6 is 0 Å². The number of halogens is 1. The Morgan fingerprint density at radius 1 is 1.56 bits per heavy atom. The first kappa shape index (κ1) is 12.6. The third kappa shape index (κ3) is 3.96. The van der Waals surface area contributed by atoms with Gasteiger partial charge in [0.2, 0.25) is 5.91 Å². The third-order valence-corrected chi connectivity index (χ3v) is 1.95. The van der Waals surface area contributed by atoms with E-state index in [-0.39, 0.29) is 18.3 Å². The fourth-order valence-corrected chi connectivity index (χ4v) is 1.12. The Bertz CT molecular complexity index is 369. The molecule has 0 spiro atoms. The average molecular weight is 226 g/mol. The molecular weight excluding hydrogens is 211 g/mol. The minimum atomic E-state index is -0.347. The van der Waals surface area contributed by atoms with Gasteiger partial charge in [0.25, 0.3) is 0 Å². The van der Waals surface area contributed by atoms with Crippen molar-refractivity contribution in [1.82, 2.24) is 0 Å². The van der Waals surface area contributed by atoms with Gasteiger partial charge in [-0.15, -0.1) is 0 Å². The second-order valence-corrected chi connectivity index (χ2v) is 3.35. The van der Waals surface area contributed by atoms with Crippen LogP contribution in [0.25, 0.3) is 0 Å². The van der Waals surface area contributed by atoms with Gasteiger partial charge in [-0.25, -0.2) is 4.39 Å². The van der Waals surface area contributed by atoms with E-state index in [2.05, 4.69) is 5.32 Å². The Morgan fingerprint density at radius 3 is 2.94 bits per heavy atom. The van der Waals surface area contributed by atoms with Crippen LogP contribution in [-0.4, -0.2) is 25.7 Å². The molecule has 0 bridgehead atoms. The highest BCUT2D eigenvalue weighted by Gasteiger charge is 2.04. The van der Waals surface area contributed by atoms with Crippen molar-refractivity contribution < 1.29 is 13.9 Å². The van der Waals surface area contributed by atoms with Crippen molar-refractivity contribution in [2.75, 3.05) is 25.1 Å². The fourth-order valence-electron chi connectivity index (χ4n) is 1.12. The SMILES string of the molecule is Cc1ccc(NC(=O)COCCN)cc1F. The van der Waals surface area contributed by atoms with Crippen LogP contribution in [0, 0.1) is 12.7 Å². The highest BCUT2D eigenvalue weighted by molar-refractivity contribution is 5.91. The van der Waals surface area contributed by atoms with Crippen LogP contribution in [0.4, 0.5) is 10.1 Å². The van der Waals surface area contributed by atoms with Gasteiger partial charge in [-0.2, -0.15) is 0 Å². The number of hydrogen-bond acceptors (Lipinski definition) is 3. The molecular formula is C11H15FN2O2. The summed E-state index contributed by atoms with van der Waals surface area (Å²) in [5.74, 6) is -0.669. The highest BCUT2D eigenvalue weighted by atomic mass is 19.1. The lowest BCUT2D eigenvalue weighted by atomic mass is 10.2. The largest absolute Gasteiger partial charge is 0.370 e. The van der Waals surface area contributed by atoms with Gasteiger partial charge in [-0.3, -0.25) is 4.79 Å². The Hall–Kier alpha value is -1.46. The molecule has 1 aromatic rings. The summed E-state index contributed by atoms with van der Waals surface area (Å²) in [5, 5.41) is 2.52. The molecule has 1 amide bonds. The zero-order valence-corrected chi connectivity index (χ0v) is 9.13. The lowest BCUT2D eigenvalue weighted by Gasteiger charge is -2.06. The van der Waals surface area contributed by atoms with Gasteiger partial charge in [0.1, 0.15) is 12.4 Å². The Labute approximate surface area is 93.6 Å². The number of aryl methyl sites for hydroxylation is 1. The monoisotopic (exact) mass is 226 g/mol. The molecule has 0 saturated carbocycles. The third-order valence-electron chi connectivity index (χ3n) is 1.95. The van der Waals surface area contributed by atoms with Gasteiger partial charge in [0.15, 0.2) is 0 Å². The van der Waals surface area contributed by atoms with E-state index < -0.39 is 0 Å². The lowest BCUT2D eigenvalue weighted by Crippen LogP contribution is -2.20. The number of hydrogen-bond donors (Lipinski definition) is 2. The van der Waals surface area contributed by atoms with Crippen molar-refractivity contribution in [3.05, 3.63) is 29.6 Å². The second-order valence-electron chi connectivity index (χ2n) is 3.35. The molecule has 0 saturated heterocycles. The first-order chi connectivity index (χ1) is 7.63. The van der Waals surface area contributed by atoms with Crippen LogP contribution in [0.15, 0.2) is 18.2 Å². The number of anilines is 1. The van der Waals surface area contributed by atoms with E-state index in [0.717, 1.165) is 0 Å². The molecule has 3 N–H and O–H groups in total. The molecule has 16 heavy (non-hydrogen) atoms. The van der Waals surface area contributed by atoms with Gasteiger partial charge >= 0.3 is 0 Å². The van der Waals surface area contributed by atoms with Crippen LogP contribution in [0.1, 0.15) is 5.56 Å². The average Bonchev–Trinajstić information content (AvgIpc) is 2.24. The summed E-state index contributed by atoms with van der Waals surface area (Å²) in [5.41, 5.74) is 6.16. The van der Waals surface area contributed by atoms with Crippen LogP contribution in [0.2, 0.25) is 0 Å². The summed E-state index contributed by atoms with van der Waals surface area (Å²) in [6.07, 6.45) is 0. The van der Waals surface area contributed by atoms with Gasteiger partial charge in [0.05, 0.1) is 6.61 Å². The molecule has 1 rings (SSSR count). The molecule has 88 valence electrons. The quantitative estimate of drug-likeness (QED) is 0.737. The number of rotatable bonds is 5. The fraction of sp³-hybridized carbons (Fsp3) is 0.364. The van der Waals surface area contributed by atoms with E-state index in [1.807, 2.05) is 0 Å². The molecule has 0 atom stereocenters. The maximum atomic E-state index is 13.1. The molecule has 0 aliphatic heterocycles. The summed E-state index contributed by atoms with van der Waals surface area (Å²) >= 11 is 0. The predicted molar refractivity (Wildman–Crippen MR) is 59.6 cm³/mol. The van der Waals surface area contributed by atoms with Crippen LogP contribution in [-0.2, 0) is 9.53 Å². The molecule has 0 fully saturated rings. The van der Waals surface area contributed by atoms with Crippen molar-refractivity contribution in [2.45, 2.75) is 6.92 Å². The first-order valence-corrected chi connectivity index (χ1v) is 4.97. The number of amides is 1. The van der Waals surface area contributed by atoms with E-state index in [4.69, 9.17) is 10.5 Å². The number of nitrogens with two attached hydrogens (primary N) is 1. The van der Waals surface area contributed by atoms with E-state index >= 15 is 0 Å². The summed E-state index contributed by atoms with van der Waals surface area (Å²) in [4.78, 5) is 11.3. The number of carbonyl (C=O) groups is 1. The Morgan fingerprint density at radius 2 is 2.31 bits per heavy atom. The van der Waals surface area contributed by atoms with Gasteiger partial charge < -0.3 is 15.8 Å². The maximum absolute atomic E-state index is 13.1. The van der Waals surface area contributed by atoms with Crippen molar-refractivity contribution in [2.24, 2.45) is 5.73 Å². The number of ether oxygens (including phenoxy) is 1. The van der Waals surface area contributed by atoms with Gasteiger partial charge in [-0.05, 0) is 24.6 Å². The molecule has 0 aliphatic carbocycles. The molecule has 5 heteroatoms.